The minimum absolute atomic E-state index is 0. The van der Waals surface area contributed by atoms with Crippen molar-refractivity contribution in [3.8, 4) is 0 Å². The van der Waals surface area contributed by atoms with E-state index in [1.807, 2.05) is 0 Å². The zero-order valence-corrected chi connectivity index (χ0v) is 23.0. The Morgan fingerprint density at radius 2 is 0.241 bits per heavy atom. The summed E-state index contributed by atoms with van der Waals surface area (Å²) < 4.78 is 0. The van der Waals surface area contributed by atoms with Crippen molar-refractivity contribution in [1.29, 1.82) is 0 Å². The van der Waals surface area contributed by atoms with Crippen LogP contribution in [-0.4, -0.2) is 42.7 Å². The average molecular weight is 461 g/mol. The summed E-state index contributed by atoms with van der Waals surface area (Å²) >= 11 is 0. The third-order valence-corrected chi connectivity index (χ3v) is 0. The third kappa shape index (κ3) is 105000. The topological polar surface area (TPSA) is 161 Å². The Labute approximate surface area is 197 Å². The van der Waals surface area contributed by atoms with E-state index in [9.17, 15) is 35.7 Å². The molecule has 0 radical (unpaired) electrons. The molecule has 186 valence electrons. The van der Waals surface area contributed by atoms with Gasteiger partial charge in [0.15, 0.2) is 0 Å². The van der Waals surface area contributed by atoms with Crippen LogP contribution in [0.5, 0.6) is 0 Å². The summed E-state index contributed by atoms with van der Waals surface area (Å²) in [6, 6.07) is 0. The van der Waals surface area contributed by atoms with E-state index >= 15 is 0 Å². The van der Waals surface area contributed by atoms with Crippen LogP contribution in [0.1, 0.15) is 96.9 Å². The normalized spacial score (nSPS) is 8.69. The first-order valence-electron chi connectivity index (χ1n) is 9.73. The molecule has 0 aromatic rings. The van der Waals surface area contributed by atoms with Crippen molar-refractivity contribution in [2.75, 3.05) is 0 Å². The summed E-state index contributed by atoms with van der Waals surface area (Å²) in [6.45, 7) is 22.6. The molecule has 0 fully saturated rings. The Balaban J connectivity index is -0.0000000294. The molecule has 0 rings (SSSR count). The number of hydrogen-bond donors (Lipinski definition) is 0. The zero-order valence-electron chi connectivity index (χ0n) is 21.4. The van der Waals surface area contributed by atoms with Gasteiger partial charge in [0, 0.05) is 21.7 Å². The maximum atomic E-state index is 9.53. The van der Waals surface area contributed by atoms with Crippen molar-refractivity contribution < 1.29 is 57.5 Å². The molecule has 7 nitrogen and oxygen atoms in total. The third-order valence-electron chi connectivity index (χ3n) is 0. The molecule has 0 aromatic heterocycles. The fourth-order valence-corrected chi connectivity index (χ4v) is 0. The van der Waals surface area contributed by atoms with Gasteiger partial charge in [0.2, 0.25) is 0 Å². The van der Waals surface area contributed by atoms with E-state index in [-0.39, 0.29) is 21.7 Å². The molecule has 0 bridgehead atoms. The fourth-order valence-electron chi connectivity index (χ4n) is 0. The van der Waals surface area contributed by atoms with E-state index in [1.54, 1.807) is 96.9 Å². The summed E-state index contributed by atoms with van der Waals surface area (Å²) in [5, 5.41) is 66.7. The van der Waals surface area contributed by atoms with Gasteiger partial charge in [-0.2, -0.15) is 0 Å². The van der Waals surface area contributed by atoms with Gasteiger partial charge >= 0.3 is 0 Å². The molecule has 0 heterocycles. The van der Waals surface area contributed by atoms with E-state index in [1.165, 1.54) is 0 Å². The maximum Gasteiger partial charge on any atom is 0 e. The Morgan fingerprint density at radius 3 is 0.241 bits per heavy atom. The Kier molecular flexibility index (Phi) is 83.2. The molecule has 0 amide bonds. The largest absolute Gasteiger partial charge is 0.852 e. The van der Waals surface area contributed by atoms with Crippen LogP contribution >= 0.6 is 0 Å². The summed E-state index contributed by atoms with van der Waals surface area (Å²) in [4.78, 5) is 0. The van der Waals surface area contributed by atoms with Gasteiger partial charge in [0.05, 0.1) is 0 Å². The van der Waals surface area contributed by atoms with E-state index < -0.39 is 42.7 Å². The maximum absolute atomic E-state index is 9.53. The van der Waals surface area contributed by atoms with Crippen molar-refractivity contribution in [1.82, 2.24) is 0 Å². The summed E-state index contributed by atoms with van der Waals surface area (Å²) in [6.07, 6.45) is -2.92. The van der Waals surface area contributed by atoms with Crippen molar-refractivity contribution in [2.24, 2.45) is 0 Å². The average Bonchev–Trinajstić information content (AvgIpc) is 2.20. The minimum atomic E-state index is -0.417. The van der Waals surface area contributed by atoms with Crippen LogP contribution in [0.2, 0.25) is 0 Å². The second-order valence-electron chi connectivity index (χ2n) is 7.34. The van der Waals surface area contributed by atoms with Crippen LogP contribution in [-0.2, 0) is 21.7 Å². The second-order valence-corrected chi connectivity index (χ2v) is 7.34. The first-order valence-corrected chi connectivity index (χ1v) is 9.73. The Morgan fingerprint density at radius 1 is 0.241 bits per heavy atom. The molecule has 0 aliphatic rings. The summed E-state index contributed by atoms with van der Waals surface area (Å²) in [7, 11) is 0. The van der Waals surface area contributed by atoms with Crippen molar-refractivity contribution in [3.05, 3.63) is 0 Å². The van der Waals surface area contributed by atoms with Crippen molar-refractivity contribution in [3.63, 3.8) is 0 Å². The molecule has 0 aromatic carbocycles. The fraction of sp³-hybridized carbons (Fsp3) is 1.00. The van der Waals surface area contributed by atoms with Crippen LogP contribution < -0.4 is 35.7 Å². The standard InChI is InChI=1S/7C3H7O.Ti/c7*1-3(2)4;/h7*3H,1-2H3;/q7*-1;. The quantitative estimate of drug-likeness (QED) is 0.388. The predicted octanol–water partition coefficient (Wildman–Crippen LogP) is -1.72. The Bertz CT molecular complexity index is 121. The monoisotopic (exact) mass is 461 g/mol. The molecule has 0 N–H and O–H groups in total. The van der Waals surface area contributed by atoms with Gasteiger partial charge in [-0.15, -0.1) is 42.7 Å². The SMILES string of the molecule is CC(C)[O-].CC(C)[O-].CC(C)[O-].CC(C)[O-].CC(C)[O-].CC(C)[O-].CC(C)[O-].[Ti]. The summed E-state index contributed by atoms with van der Waals surface area (Å²) in [5.41, 5.74) is 0. The van der Waals surface area contributed by atoms with Gasteiger partial charge in [-0.05, 0) is 0 Å². The molecule has 0 saturated carbocycles. The second kappa shape index (κ2) is 46.6. The molecule has 0 aliphatic carbocycles. The van der Waals surface area contributed by atoms with Gasteiger partial charge in [-0.3, -0.25) is 0 Å². The zero-order chi connectivity index (χ0) is 25.0. The first-order chi connectivity index (χ1) is 12.1. The molecule has 29 heavy (non-hydrogen) atoms. The number of hydrogen-bond acceptors (Lipinski definition) is 7. The first kappa shape index (κ1) is 51.8. The van der Waals surface area contributed by atoms with E-state index in [0.29, 0.717) is 0 Å². The minimum Gasteiger partial charge on any atom is -0.852 e. The van der Waals surface area contributed by atoms with Crippen molar-refractivity contribution in [2.45, 2.75) is 140 Å². The smallest absolute Gasteiger partial charge is 0 e. The van der Waals surface area contributed by atoms with E-state index in [0.717, 1.165) is 0 Å². The van der Waals surface area contributed by atoms with Crippen LogP contribution in [0.25, 0.3) is 0 Å². The van der Waals surface area contributed by atoms with Gasteiger partial charge in [0.25, 0.3) is 0 Å². The van der Waals surface area contributed by atoms with Crippen molar-refractivity contribution >= 4 is 0 Å². The molecule has 0 unspecified atom stereocenters. The molecule has 0 saturated heterocycles. The van der Waals surface area contributed by atoms with Crippen LogP contribution in [0, 0.1) is 0 Å². The van der Waals surface area contributed by atoms with Crippen LogP contribution in [0.15, 0.2) is 0 Å². The van der Waals surface area contributed by atoms with Crippen LogP contribution in [0.3, 0.4) is 0 Å². The predicted molar refractivity (Wildman–Crippen MR) is 106 cm³/mol. The van der Waals surface area contributed by atoms with Gasteiger partial charge in [-0.1, -0.05) is 96.9 Å². The van der Waals surface area contributed by atoms with Gasteiger partial charge in [-0.25, -0.2) is 0 Å². The van der Waals surface area contributed by atoms with E-state index in [2.05, 4.69) is 0 Å². The van der Waals surface area contributed by atoms with E-state index in [4.69, 9.17) is 0 Å². The molecular weight excluding hydrogens is 412 g/mol. The molecule has 0 spiro atoms. The summed E-state index contributed by atoms with van der Waals surface area (Å²) in [5.74, 6) is 0. The molecular formula is C21H49O7Ti-7. The van der Waals surface area contributed by atoms with Gasteiger partial charge in [0.1, 0.15) is 0 Å². The number of rotatable bonds is 0. The molecule has 8 heteroatoms. The Hall–Kier alpha value is 0.434. The molecule has 0 aliphatic heterocycles. The molecule has 0 atom stereocenters. The van der Waals surface area contributed by atoms with Crippen LogP contribution in [0.4, 0.5) is 0 Å². The van der Waals surface area contributed by atoms with Gasteiger partial charge < -0.3 is 35.7 Å².